The highest BCUT2D eigenvalue weighted by Crippen LogP contribution is 2.33. The molecule has 0 radical (unpaired) electrons. The average Bonchev–Trinajstić information content (AvgIpc) is 3.34. The molecule has 2 aliphatic rings. The van der Waals surface area contributed by atoms with Gasteiger partial charge in [0.1, 0.15) is 6.61 Å². The van der Waals surface area contributed by atoms with Gasteiger partial charge in [0.25, 0.3) is 0 Å². The molecule has 0 bridgehead atoms. The summed E-state index contributed by atoms with van der Waals surface area (Å²) in [4.78, 5) is 14.7. The largest absolute Gasteiger partial charge is 0.389 e. The van der Waals surface area contributed by atoms with Gasteiger partial charge in [-0.15, -0.1) is 0 Å². The molecule has 3 aromatic carbocycles. The Hall–Kier alpha value is -2.62. The van der Waals surface area contributed by atoms with Gasteiger partial charge in [-0.3, -0.25) is 4.79 Å². The van der Waals surface area contributed by atoms with Crippen molar-refractivity contribution in [3.63, 3.8) is 0 Å². The van der Waals surface area contributed by atoms with E-state index in [1.54, 1.807) is 4.90 Å². The lowest BCUT2D eigenvalue weighted by Gasteiger charge is -2.38. The Morgan fingerprint density at radius 2 is 1.72 bits per heavy atom. The van der Waals surface area contributed by atoms with Crippen molar-refractivity contribution in [1.29, 1.82) is 0 Å². The molecule has 2 heterocycles. The Labute approximate surface area is 238 Å². The quantitative estimate of drug-likeness (QED) is 0.394. The summed E-state index contributed by atoms with van der Waals surface area (Å²) in [7, 11) is -4.06. The van der Waals surface area contributed by atoms with Gasteiger partial charge in [0.15, 0.2) is 5.44 Å². The van der Waals surface area contributed by atoms with E-state index in [4.69, 9.17) is 27.9 Å². The Morgan fingerprint density at radius 3 is 2.41 bits per heavy atom. The standard InChI is InChI=1S/C29H30Cl2N2O5S/c30-23-11-10-22(17-24(23)31)39(36,37)28(26-16-21-8-4-5-9-25(21)32-26)38-19-27(34)33-14-12-29(35,13-15-33)18-20-6-2-1-3-7-20/h1-11,17,26,28,32,35H,12-16,18-19H2. The number of fused-ring (bicyclic) bond motifs is 1. The molecule has 1 saturated heterocycles. The number of halogens is 2. The fourth-order valence-corrected chi connectivity index (χ4v) is 7.29. The molecule has 206 valence electrons. The van der Waals surface area contributed by atoms with Gasteiger partial charge in [0.05, 0.1) is 26.6 Å². The number of amides is 1. The molecule has 0 aromatic heterocycles. The molecule has 2 unspecified atom stereocenters. The number of hydrogen-bond donors (Lipinski definition) is 2. The van der Waals surface area contributed by atoms with Crippen LogP contribution in [-0.2, 0) is 32.2 Å². The Bertz CT molecular complexity index is 1420. The highest BCUT2D eigenvalue weighted by molar-refractivity contribution is 7.92. The fraction of sp³-hybridized carbons (Fsp3) is 0.345. The number of benzene rings is 3. The third kappa shape index (κ3) is 6.26. The molecular formula is C29H30Cl2N2O5S. The molecule has 1 fully saturated rings. The second-order valence-corrected chi connectivity index (χ2v) is 13.0. The summed E-state index contributed by atoms with van der Waals surface area (Å²) in [5.41, 5.74) is 0.619. The maximum absolute atomic E-state index is 13.8. The number of anilines is 1. The van der Waals surface area contributed by atoms with Gasteiger partial charge in [-0.25, -0.2) is 8.42 Å². The van der Waals surface area contributed by atoms with Gasteiger partial charge in [-0.1, -0.05) is 71.7 Å². The Morgan fingerprint density at radius 1 is 1.03 bits per heavy atom. The lowest BCUT2D eigenvalue weighted by atomic mass is 9.85. The first-order chi connectivity index (χ1) is 18.6. The number of rotatable bonds is 8. The number of nitrogens with zero attached hydrogens (tertiary/aromatic N) is 1. The van der Waals surface area contributed by atoms with Crippen molar-refractivity contribution in [3.05, 3.63) is 94.0 Å². The molecule has 1 amide bonds. The Balaban J connectivity index is 1.28. The number of para-hydroxylation sites is 1. The van der Waals surface area contributed by atoms with Crippen LogP contribution in [0, 0.1) is 0 Å². The molecule has 5 rings (SSSR count). The molecular weight excluding hydrogens is 559 g/mol. The number of hydrogen-bond acceptors (Lipinski definition) is 6. The summed E-state index contributed by atoms with van der Waals surface area (Å²) in [6, 6.07) is 20.9. The minimum absolute atomic E-state index is 0.0314. The summed E-state index contributed by atoms with van der Waals surface area (Å²) in [5, 5.41) is 14.7. The topological polar surface area (TPSA) is 95.9 Å². The normalized spacial score (nSPS) is 19.3. The molecule has 3 aromatic rings. The lowest BCUT2D eigenvalue weighted by Crippen LogP contribution is -2.49. The van der Waals surface area contributed by atoms with E-state index in [1.807, 2.05) is 54.6 Å². The van der Waals surface area contributed by atoms with Crippen LogP contribution in [0.1, 0.15) is 24.0 Å². The van der Waals surface area contributed by atoms with E-state index in [1.165, 1.54) is 18.2 Å². The molecule has 0 spiro atoms. The zero-order valence-electron chi connectivity index (χ0n) is 21.2. The van der Waals surface area contributed by atoms with E-state index in [-0.39, 0.29) is 20.8 Å². The predicted molar refractivity (Wildman–Crippen MR) is 152 cm³/mol. The molecule has 2 N–H and O–H groups in total. The van der Waals surface area contributed by atoms with Crippen molar-refractivity contribution in [2.24, 2.45) is 0 Å². The number of nitrogens with one attached hydrogen (secondary N) is 1. The zero-order valence-corrected chi connectivity index (χ0v) is 23.6. The molecule has 2 aliphatic heterocycles. The molecule has 0 saturated carbocycles. The fourth-order valence-electron chi connectivity index (χ4n) is 5.27. The monoisotopic (exact) mass is 588 g/mol. The molecule has 39 heavy (non-hydrogen) atoms. The number of piperidine rings is 1. The lowest BCUT2D eigenvalue weighted by molar-refractivity contribution is -0.141. The summed E-state index contributed by atoms with van der Waals surface area (Å²) < 4.78 is 33.4. The predicted octanol–water partition coefficient (Wildman–Crippen LogP) is 4.74. The van der Waals surface area contributed by atoms with Crippen molar-refractivity contribution < 1.29 is 23.1 Å². The minimum atomic E-state index is -4.06. The maximum Gasteiger partial charge on any atom is 0.248 e. The van der Waals surface area contributed by atoms with Crippen molar-refractivity contribution in [2.75, 3.05) is 25.0 Å². The number of ether oxygens (including phenoxy) is 1. The van der Waals surface area contributed by atoms with Gasteiger partial charge >= 0.3 is 0 Å². The second-order valence-electron chi connectivity index (χ2n) is 10.2. The molecule has 7 nitrogen and oxygen atoms in total. The van der Waals surface area contributed by atoms with Crippen molar-refractivity contribution in [2.45, 2.75) is 47.7 Å². The van der Waals surface area contributed by atoms with Crippen LogP contribution >= 0.6 is 23.2 Å². The van der Waals surface area contributed by atoms with Crippen molar-refractivity contribution in [1.82, 2.24) is 4.90 Å². The molecule has 2 atom stereocenters. The van der Waals surface area contributed by atoms with Crippen LogP contribution in [0.2, 0.25) is 10.0 Å². The smallest absolute Gasteiger partial charge is 0.248 e. The number of carbonyl (C=O) groups is 1. The summed E-state index contributed by atoms with van der Waals surface area (Å²) >= 11 is 12.1. The van der Waals surface area contributed by atoms with Crippen LogP contribution in [0.4, 0.5) is 5.69 Å². The van der Waals surface area contributed by atoms with E-state index < -0.39 is 33.5 Å². The summed E-state index contributed by atoms with van der Waals surface area (Å²) in [5.74, 6) is -0.318. The third-order valence-electron chi connectivity index (χ3n) is 7.45. The van der Waals surface area contributed by atoms with Gasteiger partial charge in [0, 0.05) is 25.2 Å². The van der Waals surface area contributed by atoms with E-state index in [9.17, 15) is 18.3 Å². The highest BCUT2D eigenvalue weighted by atomic mass is 35.5. The first-order valence-corrected chi connectivity index (χ1v) is 15.1. The first kappa shape index (κ1) is 27.9. The van der Waals surface area contributed by atoms with Gasteiger partial charge in [-0.2, -0.15) is 0 Å². The number of carbonyl (C=O) groups excluding carboxylic acids is 1. The van der Waals surface area contributed by atoms with E-state index >= 15 is 0 Å². The van der Waals surface area contributed by atoms with Crippen molar-refractivity contribution in [3.8, 4) is 0 Å². The van der Waals surface area contributed by atoms with Gasteiger partial charge < -0.3 is 20.1 Å². The van der Waals surface area contributed by atoms with Crippen LogP contribution < -0.4 is 5.32 Å². The zero-order chi connectivity index (χ0) is 27.6. The number of aliphatic hydroxyl groups is 1. The summed E-state index contributed by atoms with van der Waals surface area (Å²) in [6.07, 6.45) is 1.80. The second kappa shape index (κ2) is 11.5. The van der Waals surface area contributed by atoms with Crippen LogP contribution in [0.3, 0.4) is 0 Å². The average molecular weight is 590 g/mol. The maximum atomic E-state index is 13.8. The first-order valence-electron chi connectivity index (χ1n) is 12.8. The van der Waals surface area contributed by atoms with E-state index in [0.717, 1.165) is 16.8 Å². The molecule has 10 heteroatoms. The Kier molecular flexibility index (Phi) is 8.21. The minimum Gasteiger partial charge on any atom is -0.389 e. The number of sulfone groups is 1. The van der Waals surface area contributed by atoms with Gasteiger partial charge in [-0.05, 0) is 54.7 Å². The van der Waals surface area contributed by atoms with Crippen molar-refractivity contribution >= 4 is 44.6 Å². The third-order valence-corrected chi connectivity index (χ3v) is 10.2. The summed E-state index contributed by atoms with van der Waals surface area (Å²) in [6.45, 7) is 0.322. The van der Waals surface area contributed by atoms with Crippen LogP contribution in [-0.4, -0.2) is 61.1 Å². The van der Waals surface area contributed by atoms with Gasteiger partial charge in [0.2, 0.25) is 15.7 Å². The van der Waals surface area contributed by atoms with E-state index in [2.05, 4.69) is 5.32 Å². The van der Waals surface area contributed by atoms with Crippen LogP contribution in [0.5, 0.6) is 0 Å². The molecule has 0 aliphatic carbocycles. The van der Waals surface area contributed by atoms with Crippen LogP contribution in [0.15, 0.2) is 77.7 Å². The number of likely N-dealkylation sites (tertiary alicyclic amines) is 1. The highest BCUT2D eigenvalue weighted by Gasteiger charge is 2.40. The van der Waals surface area contributed by atoms with E-state index in [0.29, 0.717) is 38.8 Å². The van der Waals surface area contributed by atoms with Crippen LogP contribution in [0.25, 0.3) is 0 Å². The SMILES string of the molecule is O=C(COC(C1Cc2ccccc2N1)S(=O)(=O)c1ccc(Cl)c(Cl)c1)N1CCC(O)(Cc2ccccc2)CC1.